The molecule has 0 aliphatic rings. The smallest absolute Gasteiger partial charge is 0.497 e. The predicted molar refractivity (Wildman–Crippen MR) is 165 cm³/mol. The number of benzene rings is 3. The van der Waals surface area contributed by atoms with E-state index in [9.17, 15) is 0 Å². The molecule has 4 heteroatoms. The van der Waals surface area contributed by atoms with E-state index in [4.69, 9.17) is 9.72 Å². The molecule has 5 rings (SSSR count). The summed E-state index contributed by atoms with van der Waals surface area (Å²) < 4.78 is 6.40. The van der Waals surface area contributed by atoms with E-state index in [-0.39, 0.29) is 26.5 Å². The third kappa shape index (κ3) is 6.85. The molecule has 0 aliphatic heterocycles. The molecule has 0 atom stereocenters. The topological polar surface area (TPSA) is 35.0 Å². The standard InChI is InChI=1S/C37H36N2O.Pt/c1-23-12-13-33(25(3)14-23)34-20-36(39-22-27(34)5)28-10-9-11-31(17-28)40-32-18-29(16-30(19-32)37(6,7)8)35-15-24(2)26(4)21-38-35;/h9-16,19-22H,1-8H3;/q-2;+2. The van der Waals surface area contributed by atoms with Gasteiger partial charge in [-0.3, -0.25) is 0 Å². The van der Waals surface area contributed by atoms with Gasteiger partial charge in [0, 0.05) is 23.9 Å². The van der Waals surface area contributed by atoms with Crippen LogP contribution in [0.3, 0.4) is 0 Å². The first kappa shape index (κ1) is 30.4. The van der Waals surface area contributed by atoms with Gasteiger partial charge in [-0.15, -0.1) is 41.0 Å². The molecule has 0 spiro atoms. The van der Waals surface area contributed by atoms with Crippen LogP contribution < -0.4 is 4.74 Å². The van der Waals surface area contributed by atoms with Crippen molar-refractivity contribution in [2.24, 2.45) is 0 Å². The third-order valence-electron chi connectivity index (χ3n) is 7.40. The minimum Gasteiger partial charge on any atom is -0.497 e. The number of ether oxygens (including phenoxy) is 1. The van der Waals surface area contributed by atoms with Crippen LogP contribution in [0.25, 0.3) is 33.6 Å². The quantitative estimate of drug-likeness (QED) is 0.170. The minimum atomic E-state index is -0.0659. The zero-order valence-corrected chi connectivity index (χ0v) is 27.3. The molecule has 0 amide bonds. The first-order valence-electron chi connectivity index (χ1n) is 13.7. The Balaban J connectivity index is 0.00000387. The van der Waals surface area contributed by atoms with Crippen molar-refractivity contribution >= 4 is 0 Å². The maximum absolute atomic E-state index is 6.40. The summed E-state index contributed by atoms with van der Waals surface area (Å²) in [4.78, 5) is 9.43. The average molecular weight is 720 g/mol. The second-order valence-corrected chi connectivity index (χ2v) is 11.8. The largest absolute Gasteiger partial charge is 2.00 e. The normalized spacial score (nSPS) is 11.2. The van der Waals surface area contributed by atoms with E-state index in [0.29, 0.717) is 11.5 Å². The zero-order chi connectivity index (χ0) is 28.6. The zero-order valence-electron chi connectivity index (χ0n) is 25.0. The molecule has 0 fully saturated rings. The number of aryl methyl sites for hydroxylation is 5. The van der Waals surface area contributed by atoms with Crippen LogP contribution in [-0.2, 0) is 26.5 Å². The Kier molecular flexibility index (Phi) is 9.00. The maximum atomic E-state index is 6.40. The fourth-order valence-corrected chi connectivity index (χ4v) is 4.79. The van der Waals surface area contributed by atoms with Crippen molar-refractivity contribution in [2.45, 2.75) is 60.8 Å². The van der Waals surface area contributed by atoms with Gasteiger partial charge in [0.1, 0.15) is 0 Å². The summed E-state index contributed by atoms with van der Waals surface area (Å²) in [6.07, 6.45) is 3.86. The van der Waals surface area contributed by atoms with Crippen molar-refractivity contribution in [1.29, 1.82) is 0 Å². The number of pyridine rings is 2. The Morgan fingerprint density at radius 2 is 1.29 bits per heavy atom. The molecular formula is C37H36N2OPt. The Bertz CT molecular complexity index is 1720. The Hall–Kier alpha value is -3.55. The fourth-order valence-electron chi connectivity index (χ4n) is 4.79. The Morgan fingerprint density at radius 1 is 0.610 bits per heavy atom. The number of hydrogen-bond donors (Lipinski definition) is 0. The van der Waals surface area contributed by atoms with E-state index in [0.717, 1.165) is 33.6 Å². The van der Waals surface area contributed by atoms with Crippen molar-refractivity contribution in [2.75, 3.05) is 0 Å². The van der Waals surface area contributed by atoms with Gasteiger partial charge in [-0.05, 0) is 79.2 Å². The van der Waals surface area contributed by atoms with E-state index in [1.165, 1.54) is 33.4 Å². The van der Waals surface area contributed by atoms with Crippen LogP contribution in [0.15, 0.2) is 73.1 Å². The van der Waals surface area contributed by atoms with E-state index in [1.807, 2.05) is 30.6 Å². The second-order valence-electron chi connectivity index (χ2n) is 11.8. The molecule has 41 heavy (non-hydrogen) atoms. The van der Waals surface area contributed by atoms with Crippen LogP contribution >= 0.6 is 0 Å². The van der Waals surface area contributed by atoms with Crippen molar-refractivity contribution in [3.8, 4) is 45.1 Å². The molecule has 2 heterocycles. The van der Waals surface area contributed by atoms with Gasteiger partial charge in [0.05, 0.1) is 0 Å². The molecule has 0 saturated carbocycles. The van der Waals surface area contributed by atoms with E-state index in [2.05, 4.69) is 115 Å². The summed E-state index contributed by atoms with van der Waals surface area (Å²) in [5.74, 6) is 1.26. The molecule has 0 aliphatic carbocycles. The molecule has 2 aromatic heterocycles. The van der Waals surface area contributed by atoms with Gasteiger partial charge in [0.25, 0.3) is 0 Å². The molecule has 0 bridgehead atoms. The van der Waals surface area contributed by atoms with Gasteiger partial charge in [-0.2, -0.15) is 0 Å². The maximum Gasteiger partial charge on any atom is 2.00 e. The summed E-state index contributed by atoms with van der Waals surface area (Å²) in [7, 11) is 0. The van der Waals surface area contributed by atoms with Crippen molar-refractivity contribution in [3.63, 3.8) is 0 Å². The van der Waals surface area contributed by atoms with Gasteiger partial charge in [-0.1, -0.05) is 80.4 Å². The molecule has 5 aromatic rings. The summed E-state index contributed by atoms with van der Waals surface area (Å²) >= 11 is 0. The van der Waals surface area contributed by atoms with Gasteiger partial charge >= 0.3 is 21.1 Å². The van der Waals surface area contributed by atoms with Crippen LogP contribution in [0.5, 0.6) is 11.5 Å². The summed E-state index contributed by atoms with van der Waals surface area (Å²) in [6.45, 7) is 17.2. The molecule has 3 aromatic carbocycles. The van der Waals surface area contributed by atoms with E-state index >= 15 is 0 Å². The van der Waals surface area contributed by atoms with Gasteiger partial charge < -0.3 is 14.7 Å². The van der Waals surface area contributed by atoms with Crippen LogP contribution in [0.4, 0.5) is 0 Å². The molecular weight excluding hydrogens is 683 g/mol. The fraction of sp³-hybridized carbons (Fsp3) is 0.243. The molecule has 0 radical (unpaired) electrons. The number of aromatic nitrogens is 2. The SMILES string of the molecule is Cc1ccc(-c2cc(-c3[c-]c(Oc4[c-]c(-c5cc(C)c(C)cn5)cc(C(C)(C)C)c4)ccc3)ncc2C)c(C)c1.[Pt+2]. The minimum absolute atomic E-state index is 0. The van der Waals surface area contributed by atoms with E-state index < -0.39 is 0 Å². The van der Waals surface area contributed by atoms with Gasteiger partial charge in [0.2, 0.25) is 0 Å². The molecule has 3 nitrogen and oxygen atoms in total. The van der Waals surface area contributed by atoms with Crippen LogP contribution in [0.1, 0.15) is 54.2 Å². The molecule has 0 saturated heterocycles. The summed E-state index contributed by atoms with van der Waals surface area (Å²) in [6, 6.07) is 27.9. The monoisotopic (exact) mass is 719 g/mol. The van der Waals surface area contributed by atoms with Crippen LogP contribution in [-0.4, -0.2) is 9.97 Å². The summed E-state index contributed by atoms with van der Waals surface area (Å²) in [5, 5.41) is 0. The Morgan fingerprint density at radius 3 is 1.98 bits per heavy atom. The van der Waals surface area contributed by atoms with Gasteiger partial charge in [0.15, 0.2) is 0 Å². The average Bonchev–Trinajstić information content (AvgIpc) is 2.90. The van der Waals surface area contributed by atoms with Crippen molar-refractivity contribution in [3.05, 3.63) is 119 Å². The molecule has 210 valence electrons. The molecule has 0 N–H and O–H groups in total. The van der Waals surface area contributed by atoms with Crippen LogP contribution in [0, 0.1) is 46.8 Å². The third-order valence-corrected chi connectivity index (χ3v) is 7.40. The molecule has 0 unspecified atom stereocenters. The summed E-state index contributed by atoms with van der Waals surface area (Å²) in [5.41, 5.74) is 13.1. The second kappa shape index (κ2) is 12.1. The van der Waals surface area contributed by atoms with Crippen molar-refractivity contribution in [1.82, 2.24) is 9.97 Å². The number of hydrogen-bond acceptors (Lipinski definition) is 3. The number of nitrogens with zero attached hydrogens (tertiary/aromatic N) is 2. The number of rotatable bonds is 5. The van der Waals surface area contributed by atoms with E-state index in [1.54, 1.807) is 0 Å². The Labute approximate surface area is 259 Å². The first-order valence-corrected chi connectivity index (χ1v) is 13.7. The predicted octanol–water partition coefficient (Wildman–Crippen LogP) is 9.71. The van der Waals surface area contributed by atoms with Crippen molar-refractivity contribution < 1.29 is 25.8 Å². The van der Waals surface area contributed by atoms with Gasteiger partial charge in [-0.25, -0.2) is 0 Å². The van der Waals surface area contributed by atoms with Crippen LogP contribution in [0.2, 0.25) is 0 Å². The first-order chi connectivity index (χ1) is 19.0.